The molecule has 6 nitrogen and oxygen atoms in total. The number of halogens is 1. The Kier molecular flexibility index (Phi) is 7.27. The van der Waals surface area contributed by atoms with Crippen LogP contribution in [0.25, 0.3) is 0 Å². The second kappa shape index (κ2) is 10.5. The van der Waals surface area contributed by atoms with Crippen molar-refractivity contribution < 1.29 is 18.3 Å². The number of amides is 1. The number of ether oxygens (including phenoxy) is 1. The molecule has 2 atom stereocenters. The molecule has 8 heteroatoms. The minimum Gasteiger partial charge on any atom is -0.481 e. The van der Waals surface area contributed by atoms with Crippen LogP contribution in [0.5, 0.6) is 5.75 Å². The van der Waals surface area contributed by atoms with Crippen molar-refractivity contribution in [1.29, 1.82) is 0 Å². The predicted molar refractivity (Wildman–Crippen MR) is 129 cm³/mol. The van der Waals surface area contributed by atoms with Gasteiger partial charge >= 0.3 is 0 Å². The summed E-state index contributed by atoms with van der Waals surface area (Å²) >= 11 is 1.17. The topological polar surface area (TPSA) is 77.2 Å². The van der Waals surface area contributed by atoms with E-state index >= 15 is 0 Å². The molecule has 0 spiro atoms. The Morgan fingerprint density at radius 3 is 2.35 bits per heavy atom. The molecule has 1 aromatic heterocycles. The van der Waals surface area contributed by atoms with E-state index in [-0.39, 0.29) is 22.8 Å². The monoisotopic (exact) mass is 477 g/mol. The highest BCUT2D eigenvalue weighted by molar-refractivity contribution is 8.00. The number of nitrogens with one attached hydrogen (secondary N) is 1. The Hall–Kier alpha value is -3.65. The fourth-order valence-corrected chi connectivity index (χ4v) is 4.34. The number of hydrogen-bond donors (Lipinski definition) is 1. The number of aromatic nitrogens is 2. The van der Waals surface area contributed by atoms with Crippen molar-refractivity contribution in [3.8, 4) is 5.75 Å². The van der Waals surface area contributed by atoms with Gasteiger partial charge < -0.3 is 14.5 Å². The van der Waals surface area contributed by atoms with Crippen molar-refractivity contribution in [1.82, 2.24) is 10.2 Å². The van der Waals surface area contributed by atoms with Gasteiger partial charge in [0.05, 0.1) is 0 Å². The zero-order valence-electron chi connectivity index (χ0n) is 19.0. The molecule has 174 valence electrons. The molecule has 0 bridgehead atoms. The van der Waals surface area contributed by atoms with Gasteiger partial charge in [0.25, 0.3) is 11.1 Å². The van der Waals surface area contributed by atoms with E-state index in [0.717, 1.165) is 22.4 Å². The molecule has 1 amide bonds. The largest absolute Gasteiger partial charge is 0.481 e. The lowest BCUT2D eigenvalue weighted by Crippen LogP contribution is -2.19. The second-order valence-corrected chi connectivity index (χ2v) is 8.95. The number of carbonyl (C=O) groups excluding carboxylic acids is 1. The molecule has 0 aliphatic carbocycles. The molecule has 1 heterocycles. The standard InChI is InChI=1S/C26H24FN3O3S/c1-16-13-17(2)15-21(14-16)28-24(31)23(19-7-5-4-6-8-19)34-26-30-29-25(33-26)18(3)32-22-11-9-20(27)10-12-22/h4-15,18,23H,1-3H3,(H,28,31)/t18-,23+/m0/s1. The Balaban J connectivity index is 1.51. The maximum Gasteiger partial charge on any atom is 0.277 e. The first-order chi connectivity index (χ1) is 16.4. The van der Waals surface area contributed by atoms with E-state index in [1.165, 1.54) is 36.0 Å². The van der Waals surface area contributed by atoms with E-state index in [9.17, 15) is 9.18 Å². The lowest BCUT2D eigenvalue weighted by Gasteiger charge is -2.16. The van der Waals surface area contributed by atoms with Gasteiger partial charge in [-0.1, -0.05) is 36.4 Å². The normalized spacial score (nSPS) is 12.7. The Bertz CT molecular complexity index is 1240. The molecule has 0 aliphatic heterocycles. The molecule has 4 rings (SSSR count). The van der Waals surface area contributed by atoms with Gasteiger partial charge in [-0.25, -0.2) is 4.39 Å². The summed E-state index contributed by atoms with van der Waals surface area (Å²) < 4.78 is 24.7. The maximum atomic E-state index is 13.3. The van der Waals surface area contributed by atoms with Crippen LogP contribution < -0.4 is 10.1 Å². The number of thioether (sulfide) groups is 1. The highest BCUT2D eigenvalue weighted by atomic mass is 32.2. The molecule has 4 aromatic rings. The molecule has 0 radical (unpaired) electrons. The number of rotatable bonds is 8. The number of nitrogens with zero attached hydrogens (tertiary/aromatic N) is 2. The third kappa shape index (κ3) is 6.02. The molecule has 0 saturated carbocycles. The van der Waals surface area contributed by atoms with Crippen LogP contribution in [-0.2, 0) is 4.79 Å². The molecule has 0 fully saturated rings. The van der Waals surface area contributed by atoms with E-state index < -0.39 is 11.4 Å². The number of hydrogen-bond acceptors (Lipinski definition) is 6. The minimum absolute atomic E-state index is 0.198. The zero-order valence-corrected chi connectivity index (χ0v) is 19.8. The number of carbonyl (C=O) groups is 1. The molecule has 3 aromatic carbocycles. The summed E-state index contributed by atoms with van der Waals surface area (Å²) in [4.78, 5) is 13.3. The van der Waals surface area contributed by atoms with Crippen molar-refractivity contribution >= 4 is 23.4 Å². The summed E-state index contributed by atoms with van der Waals surface area (Å²) in [6, 6.07) is 21.0. The van der Waals surface area contributed by atoms with Crippen LogP contribution in [0.1, 0.15) is 40.9 Å². The summed E-state index contributed by atoms with van der Waals surface area (Å²) in [7, 11) is 0. The van der Waals surface area contributed by atoms with Crippen molar-refractivity contribution in [2.75, 3.05) is 5.32 Å². The SMILES string of the molecule is Cc1cc(C)cc(NC(=O)[C@H](Sc2nnc([C@H](C)Oc3ccc(F)cc3)o2)c2ccccc2)c1. The fraction of sp³-hybridized carbons (Fsp3) is 0.192. The Labute approximate surface area is 201 Å². The first kappa shape index (κ1) is 23.5. The van der Waals surface area contributed by atoms with Gasteiger partial charge in [0.1, 0.15) is 16.8 Å². The lowest BCUT2D eigenvalue weighted by atomic mass is 10.1. The van der Waals surface area contributed by atoms with Crippen molar-refractivity contribution in [2.24, 2.45) is 0 Å². The quantitative estimate of drug-likeness (QED) is 0.294. The van der Waals surface area contributed by atoms with Gasteiger partial charge in [-0.05, 0) is 85.6 Å². The van der Waals surface area contributed by atoms with Gasteiger partial charge in [-0.15, -0.1) is 10.2 Å². The first-order valence-electron chi connectivity index (χ1n) is 10.7. The molecule has 0 unspecified atom stereocenters. The molecule has 0 saturated heterocycles. The zero-order chi connectivity index (χ0) is 24.1. The molecule has 0 aliphatic rings. The van der Waals surface area contributed by atoms with E-state index in [0.29, 0.717) is 5.75 Å². The van der Waals surface area contributed by atoms with Crippen LogP contribution in [0.3, 0.4) is 0 Å². The highest BCUT2D eigenvalue weighted by Gasteiger charge is 2.26. The van der Waals surface area contributed by atoms with Crippen LogP contribution in [-0.4, -0.2) is 16.1 Å². The maximum absolute atomic E-state index is 13.3. The fourth-order valence-electron chi connectivity index (χ4n) is 3.46. The molecular weight excluding hydrogens is 453 g/mol. The third-order valence-corrected chi connectivity index (χ3v) is 6.03. The third-order valence-electron chi connectivity index (χ3n) is 4.94. The van der Waals surface area contributed by atoms with Gasteiger partial charge in [0.2, 0.25) is 5.91 Å². The van der Waals surface area contributed by atoms with Crippen LogP contribution in [0.2, 0.25) is 0 Å². The number of benzene rings is 3. The van der Waals surface area contributed by atoms with Crippen LogP contribution in [0, 0.1) is 19.7 Å². The Morgan fingerprint density at radius 1 is 1.00 bits per heavy atom. The first-order valence-corrected chi connectivity index (χ1v) is 11.6. The second-order valence-electron chi connectivity index (χ2n) is 7.89. The van der Waals surface area contributed by atoms with E-state index in [4.69, 9.17) is 9.15 Å². The van der Waals surface area contributed by atoms with Crippen molar-refractivity contribution in [2.45, 2.75) is 37.3 Å². The van der Waals surface area contributed by atoms with Gasteiger partial charge in [-0.2, -0.15) is 0 Å². The van der Waals surface area contributed by atoms with Crippen LogP contribution in [0.4, 0.5) is 10.1 Å². The van der Waals surface area contributed by atoms with E-state index in [2.05, 4.69) is 15.5 Å². The number of anilines is 1. The highest BCUT2D eigenvalue weighted by Crippen LogP contribution is 2.36. The van der Waals surface area contributed by atoms with Crippen molar-refractivity contribution in [3.05, 3.63) is 101 Å². The summed E-state index contributed by atoms with van der Waals surface area (Å²) in [6.07, 6.45) is -0.549. The summed E-state index contributed by atoms with van der Waals surface area (Å²) in [5, 5.41) is 10.8. The predicted octanol–water partition coefficient (Wildman–Crippen LogP) is 6.44. The molecule has 34 heavy (non-hydrogen) atoms. The summed E-state index contributed by atoms with van der Waals surface area (Å²) in [5.41, 5.74) is 3.67. The van der Waals surface area contributed by atoms with Gasteiger partial charge in [-0.3, -0.25) is 4.79 Å². The minimum atomic E-state index is -0.608. The summed E-state index contributed by atoms with van der Waals surface area (Å²) in [6.45, 7) is 5.73. The average Bonchev–Trinajstić information content (AvgIpc) is 3.28. The van der Waals surface area contributed by atoms with Gasteiger partial charge in [0.15, 0.2) is 6.10 Å². The van der Waals surface area contributed by atoms with E-state index in [1.54, 1.807) is 6.92 Å². The van der Waals surface area contributed by atoms with Crippen LogP contribution in [0.15, 0.2) is 82.4 Å². The number of aryl methyl sites for hydroxylation is 2. The molecule has 1 N–H and O–H groups in total. The van der Waals surface area contributed by atoms with Gasteiger partial charge in [0, 0.05) is 5.69 Å². The van der Waals surface area contributed by atoms with E-state index in [1.807, 2.05) is 62.4 Å². The van der Waals surface area contributed by atoms with Crippen LogP contribution >= 0.6 is 11.8 Å². The van der Waals surface area contributed by atoms with Crippen molar-refractivity contribution in [3.63, 3.8) is 0 Å². The summed E-state index contributed by atoms with van der Waals surface area (Å²) in [5.74, 6) is 0.198. The average molecular weight is 478 g/mol. The molecular formula is C26H24FN3O3S. The lowest BCUT2D eigenvalue weighted by molar-refractivity contribution is -0.115. The Morgan fingerprint density at radius 2 is 1.68 bits per heavy atom. The smallest absolute Gasteiger partial charge is 0.277 e.